The molecular formula is C21H23N3O. The number of amides is 1. The van der Waals surface area contributed by atoms with Gasteiger partial charge in [-0.05, 0) is 36.2 Å². The van der Waals surface area contributed by atoms with Crippen LogP contribution in [0.5, 0.6) is 0 Å². The molecule has 0 saturated heterocycles. The molecule has 0 fully saturated rings. The molecular weight excluding hydrogens is 310 g/mol. The summed E-state index contributed by atoms with van der Waals surface area (Å²) >= 11 is 0. The van der Waals surface area contributed by atoms with Gasteiger partial charge in [-0.15, -0.1) is 0 Å². The van der Waals surface area contributed by atoms with E-state index in [2.05, 4.69) is 16.5 Å². The molecule has 4 nitrogen and oxygen atoms in total. The quantitative estimate of drug-likeness (QED) is 0.664. The number of para-hydroxylation sites is 1. The molecule has 0 aliphatic carbocycles. The number of carbonyl (C=O) groups excluding carboxylic acids is 1. The Bertz CT molecular complexity index is 795. The minimum Gasteiger partial charge on any atom is -0.330 e. The first-order valence-electron chi connectivity index (χ1n) is 8.61. The van der Waals surface area contributed by atoms with E-state index in [-0.39, 0.29) is 11.9 Å². The van der Waals surface area contributed by atoms with Crippen LogP contribution >= 0.6 is 0 Å². The first kappa shape index (κ1) is 17.0. The molecule has 128 valence electrons. The van der Waals surface area contributed by atoms with Crippen LogP contribution in [0.4, 0.5) is 5.69 Å². The molecule has 0 saturated carbocycles. The van der Waals surface area contributed by atoms with Crippen LogP contribution in [0.2, 0.25) is 0 Å². The summed E-state index contributed by atoms with van der Waals surface area (Å²) in [6.07, 6.45) is 7.76. The van der Waals surface area contributed by atoms with Crippen LogP contribution in [0.15, 0.2) is 73.3 Å². The SMILES string of the molecule is CCCC(c1ccc(C(=O)N(C)c2ccccc2)cc1)n1ccnc1. The number of anilines is 1. The van der Waals surface area contributed by atoms with Crippen molar-refractivity contribution < 1.29 is 4.79 Å². The van der Waals surface area contributed by atoms with Crippen LogP contribution < -0.4 is 4.90 Å². The highest BCUT2D eigenvalue weighted by atomic mass is 16.2. The minimum absolute atomic E-state index is 0.00702. The van der Waals surface area contributed by atoms with Gasteiger partial charge in [0.2, 0.25) is 0 Å². The van der Waals surface area contributed by atoms with E-state index < -0.39 is 0 Å². The van der Waals surface area contributed by atoms with E-state index in [0.29, 0.717) is 5.56 Å². The van der Waals surface area contributed by atoms with Crippen molar-refractivity contribution in [2.45, 2.75) is 25.8 Å². The average Bonchev–Trinajstić information content (AvgIpc) is 3.20. The fourth-order valence-electron chi connectivity index (χ4n) is 3.03. The second-order valence-corrected chi connectivity index (χ2v) is 6.14. The Morgan fingerprint density at radius 1 is 1.12 bits per heavy atom. The largest absolute Gasteiger partial charge is 0.330 e. The van der Waals surface area contributed by atoms with Gasteiger partial charge in [0.05, 0.1) is 12.4 Å². The zero-order valence-electron chi connectivity index (χ0n) is 14.7. The lowest BCUT2D eigenvalue weighted by Gasteiger charge is -2.20. The third-order valence-corrected chi connectivity index (χ3v) is 4.44. The van der Waals surface area contributed by atoms with Crippen molar-refractivity contribution in [1.82, 2.24) is 9.55 Å². The fraction of sp³-hybridized carbons (Fsp3) is 0.238. The minimum atomic E-state index is -0.00702. The maximum absolute atomic E-state index is 12.7. The van der Waals surface area contributed by atoms with Crippen molar-refractivity contribution in [3.8, 4) is 0 Å². The lowest BCUT2D eigenvalue weighted by molar-refractivity contribution is 0.0993. The highest BCUT2D eigenvalue weighted by Crippen LogP contribution is 2.24. The van der Waals surface area contributed by atoms with E-state index in [4.69, 9.17) is 0 Å². The normalized spacial score (nSPS) is 11.9. The second kappa shape index (κ2) is 7.79. The van der Waals surface area contributed by atoms with E-state index in [1.54, 1.807) is 18.1 Å². The van der Waals surface area contributed by atoms with Crippen molar-refractivity contribution in [3.05, 3.63) is 84.4 Å². The monoisotopic (exact) mass is 333 g/mol. The molecule has 0 spiro atoms. The van der Waals surface area contributed by atoms with Gasteiger partial charge in [0, 0.05) is 30.7 Å². The Kier molecular flexibility index (Phi) is 5.29. The molecule has 2 aromatic carbocycles. The molecule has 1 unspecified atom stereocenters. The smallest absolute Gasteiger partial charge is 0.258 e. The van der Waals surface area contributed by atoms with Crippen molar-refractivity contribution in [2.24, 2.45) is 0 Å². The molecule has 0 aliphatic heterocycles. The van der Waals surface area contributed by atoms with E-state index in [9.17, 15) is 4.79 Å². The van der Waals surface area contributed by atoms with Crippen LogP contribution in [0.1, 0.15) is 41.7 Å². The van der Waals surface area contributed by atoms with Crippen LogP contribution in [0.25, 0.3) is 0 Å². The third kappa shape index (κ3) is 3.79. The summed E-state index contributed by atoms with van der Waals surface area (Å²) in [6, 6.07) is 17.9. The van der Waals surface area contributed by atoms with Gasteiger partial charge >= 0.3 is 0 Å². The molecule has 1 heterocycles. The third-order valence-electron chi connectivity index (χ3n) is 4.44. The van der Waals surface area contributed by atoms with Crippen molar-refractivity contribution >= 4 is 11.6 Å². The predicted molar refractivity (Wildman–Crippen MR) is 101 cm³/mol. The van der Waals surface area contributed by atoms with Crippen molar-refractivity contribution in [3.63, 3.8) is 0 Å². The van der Waals surface area contributed by atoms with Gasteiger partial charge in [-0.1, -0.05) is 43.7 Å². The highest BCUT2D eigenvalue weighted by Gasteiger charge is 2.16. The van der Waals surface area contributed by atoms with Gasteiger partial charge in [0.1, 0.15) is 0 Å². The molecule has 3 aromatic rings. The van der Waals surface area contributed by atoms with Gasteiger partial charge in [-0.2, -0.15) is 0 Å². The summed E-state index contributed by atoms with van der Waals surface area (Å²) in [5.74, 6) is -0.00702. The number of carbonyl (C=O) groups is 1. The zero-order valence-corrected chi connectivity index (χ0v) is 14.7. The summed E-state index contributed by atoms with van der Waals surface area (Å²) in [6.45, 7) is 2.18. The number of aromatic nitrogens is 2. The lowest BCUT2D eigenvalue weighted by Crippen LogP contribution is -2.26. The van der Waals surface area contributed by atoms with Crippen LogP contribution in [-0.4, -0.2) is 22.5 Å². The lowest BCUT2D eigenvalue weighted by atomic mass is 10.0. The first-order valence-corrected chi connectivity index (χ1v) is 8.61. The van der Waals surface area contributed by atoms with E-state index in [1.807, 2.05) is 67.1 Å². The fourth-order valence-corrected chi connectivity index (χ4v) is 3.03. The molecule has 1 amide bonds. The summed E-state index contributed by atoms with van der Waals surface area (Å²) in [5, 5.41) is 0. The molecule has 0 radical (unpaired) electrons. The topological polar surface area (TPSA) is 38.1 Å². The zero-order chi connectivity index (χ0) is 17.6. The summed E-state index contributed by atoms with van der Waals surface area (Å²) in [5.41, 5.74) is 2.77. The van der Waals surface area contributed by atoms with E-state index in [0.717, 1.165) is 18.5 Å². The Morgan fingerprint density at radius 3 is 2.44 bits per heavy atom. The van der Waals surface area contributed by atoms with Crippen molar-refractivity contribution in [2.75, 3.05) is 11.9 Å². The standard InChI is InChI=1S/C21H23N3O/c1-3-7-20(24-15-14-22-16-24)17-10-12-18(13-11-17)21(25)23(2)19-8-5-4-6-9-19/h4-6,8-16,20H,3,7H2,1-2H3. The summed E-state index contributed by atoms with van der Waals surface area (Å²) in [7, 11) is 1.80. The van der Waals surface area contributed by atoms with Gasteiger partial charge in [-0.3, -0.25) is 4.79 Å². The van der Waals surface area contributed by atoms with Crippen LogP contribution in [0, 0.1) is 0 Å². The molecule has 0 N–H and O–H groups in total. The van der Waals surface area contributed by atoms with E-state index >= 15 is 0 Å². The van der Waals surface area contributed by atoms with Gasteiger partial charge < -0.3 is 9.47 Å². The first-order chi connectivity index (χ1) is 12.2. The van der Waals surface area contributed by atoms with Gasteiger partial charge in [0.15, 0.2) is 0 Å². The predicted octanol–water partition coefficient (Wildman–Crippen LogP) is 4.55. The summed E-state index contributed by atoms with van der Waals surface area (Å²) < 4.78 is 2.12. The molecule has 1 aromatic heterocycles. The number of hydrogen-bond acceptors (Lipinski definition) is 2. The maximum atomic E-state index is 12.7. The molecule has 0 aliphatic rings. The second-order valence-electron chi connectivity index (χ2n) is 6.14. The maximum Gasteiger partial charge on any atom is 0.258 e. The van der Waals surface area contributed by atoms with Crippen LogP contribution in [0.3, 0.4) is 0 Å². The Hall–Kier alpha value is -2.88. The molecule has 3 rings (SSSR count). The number of rotatable bonds is 6. The van der Waals surface area contributed by atoms with Crippen molar-refractivity contribution in [1.29, 1.82) is 0 Å². The average molecular weight is 333 g/mol. The highest BCUT2D eigenvalue weighted by molar-refractivity contribution is 6.05. The summed E-state index contributed by atoms with van der Waals surface area (Å²) in [4.78, 5) is 18.5. The Balaban J connectivity index is 1.80. The number of benzene rings is 2. The van der Waals surface area contributed by atoms with Crippen LogP contribution in [-0.2, 0) is 0 Å². The van der Waals surface area contributed by atoms with Gasteiger partial charge in [-0.25, -0.2) is 4.98 Å². The Morgan fingerprint density at radius 2 is 1.84 bits per heavy atom. The number of nitrogens with zero attached hydrogens (tertiary/aromatic N) is 3. The Labute approximate surface area is 148 Å². The van der Waals surface area contributed by atoms with E-state index in [1.165, 1.54) is 5.56 Å². The number of imidazole rings is 1. The number of hydrogen-bond donors (Lipinski definition) is 0. The molecule has 4 heteroatoms. The molecule has 1 atom stereocenters. The molecule has 0 bridgehead atoms. The molecule has 25 heavy (non-hydrogen) atoms. The van der Waals surface area contributed by atoms with Gasteiger partial charge in [0.25, 0.3) is 5.91 Å².